The number of hydrogen-bond acceptors (Lipinski definition) is 6. The van der Waals surface area contributed by atoms with Crippen LogP contribution < -0.4 is 5.32 Å². The van der Waals surface area contributed by atoms with Gasteiger partial charge in [0.15, 0.2) is 10.9 Å². The minimum atomic E-state index is -0.0373. The molecule has 0 saturated carbocycles. The monoisotopic (exact) mass is 424 g/mol. The summed E-state index contributed by atoms with van der Waals surface area (Å²) in [7, 11) is 0. The third kappa shape index (κ3) is 4.78. The summed E-state index contributed by atoms with van der Waals surface area (Å²) in [6.07, 6.45) is 1.61. The largest absolute Gasteiger partial charge is 0.461 e. The summed E-state index contributed by atoms with van der Waals surface area (Å²) in [6, 6.07) is 17.8. The molecule has 4 aromatic rings. The number of hydrogen-bond donors (Lipinski definition) is 1. The zero-order valence-electron chi connectivity index (χ0n) is 15.8. The van der Waals surface area contributed by atoms with Crippen LogP contribution in [-0.2, 0) is 11.3 Å². The van der Waals surface area contributed by atoms with Crippen molar-refractivity contribution in [2.24, 2.45) is 0 Å². The second-order valence-electron chi connectivity index (χ2n) is 6.45. The van der Waals surface area contributed by atoms with Gasteiger partial charge in [-0.05, 0) is 36.1 Å². The molecule has 148 valence electrons. The van der Waals surface area contributed by atoms with E-state index in [1.165, 1.54) is 11.8 Å². The highest BCUT2D eigenvalue weighted by atomic mass is 32.2. The number of nitrogens with zero attached hydrogens (tertiary/aromatic N) is 3. The van der Waals surface area contributed by atoms with Gasteiger partial charge in [0.2, 0.25) is 11.7 Å². The van der Waals surface area contributed by atoms with Crippen LogP contribution in [0, 0.1) is 0 Å². The molecule has 3 aromatic heterocycles. The molecule has 0 saturated heterocycles. The van der Waals surface area contributed by atoms with Crippen molar-refractivity contribution >= 4 is 29.0 Å². The maximum atomic E-state index is 12.4. The average Bonchev–Trinajstić information content (AvgIpc) is 3.49. The van der Waals surface area contributed by atoms with E-state index < -0.39 is 0 Å². The van der Waals surface area contributed by atoms with Crippen LogP contribution in [0.2, 0.25) is 0 Å². The van der Waals surface area contributed by atoms with E-state index in [2.05, 4.69) is 27.6 Å². The molecule has 29 heavy (non-hydrogen) atoms. The second kappa shape index (κ2) is 9.11. The molecule has 0 bridgehead atoms. The fourth-order valence-corrected chi connectivity index (χ4v) is 4.40. The zero-order valence-corrected chi connectivity index (χ0v) is 17.5. The first-order chi connectivity index (χ1) is 14.2. The lowest BCUT2D eigenvalue weighted by Gasteiger charge is -2.12. The van der Waals surface area contributed by atoms with Crippen LogP contribution in [0.25, 0.3) is 11.6 Å². The molecule has 1 aromatic carbocycles. The Bertz CT molecular complexity index is 1040. The van der Waals surface area contributed by atoms with Gasteiger partial charge in [-0.2, -0.15) is 0 Å². The lowest BCUT2D eigenvalue weighted by atomic mass is 10.2. The van der Waals surface area contributed by atoms with E-state index in [1.807, 2.05) is 59.3 Å². The predicted octanol–water partition coefficient (Wildman–Crippen LogP) is 4.62. The van der Waals surface area contributed by atoms with Crippen molar-refractivity contribution in [3.05, 3.63) is 76.7 Å². The van der Waals surface area contributed by atoms with Gasteiger partial charge in [-0.3, -0.25) is 9.36 Å². The number of rotatable bonds is 8. The van der Waals surface area contributed by atoms with Crippen LogP contribution in [0.5, 0.6) is 0 Å². The van der Waals surface area contributed by atoms with E-state index in [0.29, 0.717) is 23.3 Å². The standard InChI is InChI=1S/C21H20N4O2S2/c1-15(18-10-6-12-28-18)22-19(26)14-29-21-24-23-20(17-9-5-11-27-17)25(21)13-16-7-3-2-4-8-16/h2-12,15H,13-14H2,1H3,(H,22,26)/t15-/m0/s1. The molecule has 1 atom stereocenters. The van der Waals surface area contributed by atoms with E-state index in [-0.39, 0.29) is 17.7 Å². The first-order valence-corrected chi connectivity index (χ1v) is 11.0. The molecule has 0 aliphatic rings. The summed E-state index contributed by atoms with van der Waals surface area (Å²) in [5.41, 5.74) is 1.12. The van der Waals surface area contributed by atoms with Gasteiger partial charge >= 0.3 is 0 Å². The molecule has 1 amide bonds. The van der Waals surface area contributed by atoms with Gasteiger partial charge in [0.25, 0.3) is 0 Å². The number of carbonyl (C=O) groups excluding carboxylic acids is 1. The highest BCUT2D eigenvalue weighted by Gasteiger charge is 2.18. The first-order valence-electron chi connectivity index (χ1n) is 9.17. The summed E-state index contributed by atoms with van der Waals surface area (Å²) in [5, 5.41) is 14.3. The van der Waals surface area contributed by atoms with Crippen molar-refractivity contribution in [3.63, 3.8) is 0 Å². The summed E-state index contributed by atoms with van der Waals surface area (Å²) in [5.74, 6) is 1.52. The fraction of sp³-hybridized carbons (Fsp3) is 0.190. The van der Waals surface area contributed by atoms with Crippen LogP contribution >= 0.6 is 23.1 Å². The normalized spacial score (nSPS) is 12.0. The Morgan fingerprint density at radius 2 is 2.03 bits per heavy atom. The Balaban J connectivity index is 1.48. The van der Waals surface area contributed by atoms with E-state index >= 15 is 0 Å². The fourth-order valence-electron chi connectivity index (χ4n) is 2.91. The molecule has 4 rings (SSSR count). The molecular weight excluding hydrogens is 404 g/mol. The van der Waals surface area contributed by atoms with Gasteiger partial charge in [-0.15, -0.1) is 21.5 Å². The molecule has 6 nitrogen and oxygen atoms in total. The maximum Gasteiger partial charge on any atom is 0.230 e. The lowest BCUT2D eigenvalue weighted by molar-refractivity contribution is -0.119. The lowest BCUT2D eigenvalue weighted by Crippen LogP contribution is -2.27. The quantitative estimate of drug-likeness (QED) is 0.418. The molecule has 0 aliphatic carbocycles. The van der Waals surface area contributed by atoms with Gasteiger partial charge < -0.3 is 9.73 Å². The molecule has 0 radical (unpaired) electrons. The van der Waals surface area contributed by atoms with Gasteiger partial charge in [0.1, 0.15) is 0 Å². The van der Waals surface area contributed by atoms with E-state index in [4.69, 9.17) is 4.42 Å². The van der Waals surface area contributed by atoms with Crippen molar-refractivity contribution in [2.75, 3.05) is 5.75 Å². The maximum absolute atomic E-state index is 12.4. The Kier molecular flexibility index (Phi) is 6.12. The number of nitrogens with one attached hydrogen (secondary N) is 1. The van der Waals surface area contributed by atoms with E-state index in [1.54, 1.807) is 17.6 Å². The van der Waals surface area contributed by atoms with Crippen LogP contribution in [0.4, 0.5) is 0 Å². The predicted molar refractivity (Wildman–Crippen MR) is 115 cm³/mol. The summed E-state index contributed by atoms with van der Waals surface area (Å²) in [4.78, 5) is 13.6. The smallest absolute Gasteiger partial charge is 0.230 e. The highest BCUT2D eigenvalue weighted by molar-refractivity contribution is 7.99. The Labute approximate surface area is 177 Å². The summed E-state index contributed by atoms with van der Waals surface area (Å²) >= 11 is 3.01. The van der Waals surface area contributed by atoms with Crippen molar-refractivity contribution in [1.82, 2.24) is 20.1 Å². The second-order valence-corrected chi connectivity index (χ2v) is 8.37. The Hall–Kier alpha value is -2.84. The number of amides is 1. The minimum Gasteiger partial charge on any atom is -0.461 e. The van der Waals surface area contributed by atoms with Crippen molar-refractivity contribution in [3.8, 4) is 11.6 Å². The topological polar surface area (TPSA) is 73.0 Å². The number of thioether (sulfide) groups is 1. The molecule has 0 unspecified atom stereocenters. The molecular formula is C21H20N4O2S2. The van der Waals surface area contributed by atoms with E-state index in [9.17, 15) is 4.79 Å². The average molecular weight is 425 g/mol. The summed E-state index contributed by atoms with van der Waals surface area (Å²) in [6.45, 7) is 2.58. The van der Waals surface area contributed by atoms with Gasteiger partial charge in [-0.1, -0.05) is 48.2 Å². The van der Waals surface area contributed by atoms with Crippen molar-refractivity contribution in [2.45, 2.75) is 24.7 Å². The van der Waals surface area contributed by atoms with Gasteiger partial charge in [-0.25, -0.2) is 0 Å². The molecule has 8 heteroatoms. The molecule has 1 N–H and O–H groups in total. The summed E-state index contributed by atoms with van der Waals surface area (Å²) < 4.78 is 7.50. The Morgan fingerprint density at radius 1 is 1.17 bits per heavy atom. The number of carbonyl (C=O) groups is 1. The first kappa shape index (κ1) is 19.5. The third-order valence-corrected chi connectivity index (χ3v) is 6.34. The third-order valence-electron chi connectivity index (χ3n) is 4.32. The van der Waals surface area contributed by atoms with Gasteiger partial charge in [0.05, 0.1) is 24.6 Å². The molecule has 0 fully saturated rings. The van der Waals surface area contributed by atoms with Crippen LogP contribution in [0.3, 0.4) is 0 Å². The van der Waals surface area contributed by atoms with Crippen LogP contribution in [0.15, 0.2) is 75.8 Å². The van der Waals surface area contributed by atoms with Crippen molar-refractivity contribution < 1.29 is 9.21 Å². The van der Waals surface area contributed by atoms with E-state index in [0.717, 1.165) is 10.4 Å². The molecule has 0 aliphatic heterocycles. The van der Waals surface area contributed by atoms with Crippen LogP contribution in [0.1, 0.15) is 23.4 Å². The minimum absolute atomic E-state index is 0.0102. The number of aromatic nitrogens is 3. The molecule has 3 heterocycles. The number of benzene rings is 1. The Morgan fingerprint density at radius 3 is 2.76 bits per heavy atom. The number of thiophene rings is 1. The highest BCUT2D eigenvalue weighted by Crippen LogP contribution is 2.26. The van der Waals surface area contributed by atoms with Crippen molar-refractivity contribution in [1.29, 1.82) is 0 Å². The molecule has 0 spiro atoms. The zero-order chi connectivity index (χ0) is 20.1. The van der Waals surface area contributed by atoms with Gasteiger partial charge in [0, 0.05) is 4.88 Å². The number of furan rings is 1. The van der Waals surface area contributed by atoms with Crippen LogP contribution in [-0.4, -0.2) is 26.4 Å². The SMILES string of the molecule is C[C@H](NC(=O)CSc1nnc(-c2ccco2)n1Cc1ccccc1)c1cccs1.